The van der Waals surface area contributed by atoms with Gasteiger partial charge < -0.3 is 13.7 Å². The van der Waals surface area contributed by atoms with Crippen LogP contribution in [0.1, 0.15) is 27.7 Å². The van der Waals surface area contributed by atoms with E-state index in [-0.39, 0.29) is 0 Å². The third-order valence-electron chi connectivity index (χ3n) is 4.31. The average molecular weight is 303 g/mol. The molecular weight excluding hydrogens is 274 g/mol. The van der Waals surface area contributed by atoms with Crippen LogP contribution in [-0.2, 0) is 7.05 Å². The largest absolute Gasteiger partial charge is 0.349 e. The predicted molar refractivity (Wildman–Crippen MR) is 94.1 cm³/mol. The Bertz CT molecular complexity index is 558. The molecule has 0 saturated carbocycles. The highest BCUT2D eigenvalue weighted by Gasteiger charge is 2.30. The van der Waals surface area contributed by atoms with Crippen molar-refractivity contribution in [3.05, 3.63) is 30.3 Å². The second kappa shape index (κ2) is 7.25. The zero-order chi connectivity index (χ0) is 15.4. The van der Waals surface area contributed by atoms with Crippen LogP contribution in [0.4, 0.5) is 0 Å². The highest BCUT2D eigenvalue weighted by Crippen LogP contribution is 2.15. The Hall–Kier alpha value is -1.10. The summed E-state index contributed by atoms with van der Waals surface area (Å²) < 4.78 is 7.69. The number of nitrogens with zero attached hydrogens (tertiary/aromatic N) is 3. The normalized spacial score (nSPS) is 12.2. The van der Waals surface area contributed by atoms with Crippen LogP contribution in [0.25, 0.3) is 10.9 Å². The van der Waals surface area contributed by atoms with Crippen LogP contribution in [0, 0.1) is 0 Å². The van der Waals surface area contributed by atoms with E-state index in [1.54, 1.807) is 0 Å². The minimum Gasteiger partial charge on any atom is -0.349 e. The second-order valence-electron chi connectivity index (χ2n) is 5.32. The van der Waals surface area contributed by atoms with E-state index >= 15 is 0 Å². The quantitative estimate of drug-likeness (QED) is 0.728. The molecule has 0 bridgehead atoms. The lowest BCUT2D eigenvalue weighted by molar-refractivity contribution is 0.386. The fourth-order valence-electron chi connectivity index (χ4n) is 3.07. The first kappa shape index (κ1) is 16.3. The first-order valence-electron chi connectivity index (χ1n) is 8.09. The smallest absolute Gasteiger partial charge is 0.284 e. The van der Waals surface area contributed by atoms with Crippen LogP contribution in [0.5, 0.6) is 0 Å². The second-order valence-corrected chi connectivity index (χ2v) is 7.74. The van der Waals surface area contributed by atoms with Gasteiger partial charge in [0.05, 0.1) is 0 Å². The maximum Gasteiger partial charge on any atom is 0.284 e. The lowest BCUT2D eigenvalue weighted by atomic mass is 10.2. The van der Waals surface area contributed by atoms with Crippen LogP contribution in [0.2, 0.25) is 0 Å². The lowest BCUT2D eigenvalue weighted by Gasteiger charge is -2.35. The molecule has 115 valence electrons. The van der Waals surface area contributed by atoms with Gasteiger partial charge in [0.15, 0.2) is 0 Å². The van der Waals surface area contributed by atoms with Crippen LogP contribution in [-0.4, -0.2) is 49.0 Å². The molecule has 0 spiro atoms. The van der Waals surface area contributed by atoms with Gasteiger partial charge in [-0.05, 0) is 43.7 Å². The van der Waals surface area contributed by atoms with Crippen LogP contribution in [0.3, 0.4) is 0 Å². The Morgan fingerprint density at radius 3 is 1.90 bits per heavy atom. The standard InChI is InChI=1S/C17H28N3Si/c1-6-19(7-2)21(20(8-3)9-4)17-14-15-12-10-11-13-16(15)18(17)5/h10-14H,6-9H2,1-5H3. The Balaban J connectivity index is 2.54. The van der Waals surface area contributed by atoms with E-state index in [1.807, 2.05) is 0 Å². The molecule has 0 N–H and O–H groups in total. The molecule has 0 atom stereocenters. The van der Waals surface area contributed by atoms with Crippen LogP contribution in [0.15, 0.2) is 30.3 Å². The van der Waals surface area contributed by atoms with Crippen molar-refractivity contribution in [3.8, 4) is 0 Å². The number of rotatable bonds is 7. The molecular formula is C17H28N3Si. The summed E-state index contributed by atoms with van der Waals surface area (Å²) in [5.41, 5.74) is 1.34. The number of benzene rings is 1. The van der Waals surface area contributed by atoms with Crippen molar-refractivity contribution >= 4 is 25.3 Å². The lowest BCUT2D eigenvalue weighted by Crippen LogP contribution is -2.61. The molecule has 0 unspecified atom stereocenters. The van der Waals surface area contributed by atoms with Crippen LogP contribution < -0.4 is 5.32 Å². The van der Waals surface area contributed by atoms with Crippen molar-refractivity contribution in [1.29, 1.82) is 0 Å². The van der Waals surface area contributed by atoms with Crippen molar-refractivity contribution in [2.24, 2.45) is 7.05 Å². The van der Waals surface area contributed by atoms with Gasteiger partial charge in [0.25, 0.3) is 9.12 Å². The summed E-state index contributed by atoms with van der Waals surface area (Å²) in [6, 6.07) is 11.1. The number of aromatic nitrogens is 1. The van der Waals surface area contributed by atoms with Gasteiger partial charge in [0.2, 0.25) is 0 Å². The summed E-state index contributed by atoms with van der Waals surface area (Å²) in [6.45, 7) is 13.6. The predicted octanol–water partition coefficient (Wildman–Crippen LogP) is 2.56. The van der Waals surface area contributed by atoms with Crippen molar-refractivity contribution in [2.75, 3.05) is 26.2 Å². The summed E-state index contributed by atoms with van der Waals surface area (Å²) in [4.78, 5) is 0. The van der Waals surface area contributed by atoms with E-state index in [9.17, 15) is 0 Å². The van der Waals surface area contributed by atoms with Crippen molar-refractivity contribution in [2.45, 2.75) is 27.7 Å². The highest BCUT2D eigenvalue weighted by molar-refractivity contribution is 6.67. The van der Waals surface area contributed by atoms with E-state index in [2.05, 4.69) is 78.8 Å². The molecule has 2 aromatic rings. The van der Waals surface area contributed by atoms with Gasteiger partial charge >= 0.3 is 0 Å². The molecule has 0 saturated heterocycles. The minimum absolute atomic E-state index is 0.864. The molecule has 0 aliphatic rings. The molecule has 1 aromatic carbocycles. The third kappa shape index (κ3) is 3.07. The van der Waals surface area contributed by atoms with E-state index in [4.69, 9.17) is 0 Å². The van der Waals surface area contributed by atoms with Gasteiger partial charge in [-0.2, -0.15) is 0 Å². The Labute approximate surface area is 130 Å². The summed E-state index contributed by atoms with van der Waals surface area (Å²) in [6.07, 6.45) is 0. The zero-order valence-corrected chi connectivity index (χ0v) is 15.1. The van der Waals surface area contributed by atoms with E-state index in [0.717, 1.165) is 26.2 Å². The van der Waals surface area contributed by atoms with E-state index < -0.39 is 9.12 Å². The van der Waals surface area contributed by atoms with Gasteiger partial charge in [0.1, 0.15) is 0 Å². The molecule has 3 nitrogen and oxygen atoms in total. The summed E-state index contributed by atoms with van der Waals surface area (Å²) in [5, 5.41) is 2.85. The molecule has 4 heteroatoms. The fraction of sp³-hybridized carbons (Fsp3) is 0.529. The SMILES string of the molecule is CCN(CC)[Si](c1cc2ccccc2n1C)N(CC)CC. The molecule has 1 aromatic heterocycles. The van der Waals surface area contributed by atoms with Gasteiger partial charge in [-0.1, -0.05) is 45.9 Å². The van der Waals surface area contributed by atoms with E-state index in [0.29, 0.717) is 0 Å². The van der Waals surface area contributed by atoms with Crippen LogP contribution >= 0.6 is 0 Å². The molecule has 1 radical (unpaired) electrons. The molecule has 0 aliphatic carbocycles. The first-order chi connectivity index (χ1) is 10.2. The monoisotopic (exact) mass is 302 g/mol. The first-order valence-corrected chi connectivity index (χ1v) is 9.48. The molecule has 0 amide bonds. The number of hydrogen-bond acceptors (Lipinski definition) is 2. The summed E-state index contributed by atoms with van der Waals surface area (Å²) in [5.74, 6) is 0. The van der Waals surface area contributed by atoms with Gasteiger partial charge in [0, 0.05) is 17.9 Å². The molecule has 2 rings (SSSR count). The van der Waals surface area contributed by atoms with Crippen molar-refractivity contribution in [1.82, 2.24) is 13.7 Å². The molecule has 0 aliphatic heterocycles. The molecule has 0 fully saturated rings. The average Bonchev–Trinajstić information content (AvgIpc) is 2.85. The summed E-state index contributed by atoms with van der Waals surface area (Å²) in [7, 11) is 1.35. The Kier molecular flexibility index (Phi) is 5.62. The third-order valence-corrected chi connectivity index (χ3v) is 7.71. The number of hydrogen-bond donors (Lipinski definition) is 0. The Morgan fingerprint density at radius 1 is 0.905 bits per heavy atom. The zero-order valence-electron chi connectivity index (χ0n) is 14.1. The fourth-order valence-corrected chi connectivity index (χ4v) is 6.02. The molecule has 21 heavy (non-hydrogen) atoms. The number of fused-ring (bicyclic) bond motifs is 1. The summed E-state index contributed by atoms with van der Waals surface area (Å²) >= 11 is 0. The molecule has 1 heterocycles. The Morgan fingerprint density at radius 2 is 1.43 bits per heavy atom. The van der Waals surface area contributed by atoms with Crippen molar-refractivity contribution in [3.63, 3.8) is 0 Å². The van der Waals surface area contributed by atoms with Crippen molar-refractivity contribution < 1.29 is 0 Å². The number of para-hydroxylation sites is 1. The number of aryl methyl sites for hydroxylation is 1. The van der Waals surface area contributed by atoms with Gasteiger partial charge in [-0.25, -0.2) is 0 Å². The highest BCUT2D eigenvalue weighted by atomic mass is 28.3. The minimum atomic E-state index is -0.864. The maximum absolute atomic E-state index is 2.64. The topological polar surface area (TPSA) is 11.4 Å². The van der Waals surface area contributed by atoms with E-state index in [1.165, 1.54) is 16.2 Å². The maximum atomic E-state index is 2.64. The van der Waals surface area contributed by atoms with Gasteiger partial charge in [-0.3, -0.25) is 0 Å². The van der Waals surface area contributed by atoms with Gasteiger partial charge in [-0.15, -0.1) is 0 Å².